The fourth-order valence-electron chi connectivity index (χ4n) is 4.65. The van der Waals surface area contributed by atoms with Gasteiger partial charge in [0, 0.05) is 11.8 Å². The monoisotopic (exact) mass is 378 g/mol. The lowest BCUT2D eigenvalue weighted by Crippen LogP contribution is -2.64. The van der Waals surface area contributed by atoms with Crippen molar-refractivity contribution in [2.24, 2.45) is 0 Å². The van der Waals surface area contributed by atoms with E-state index in [1.54, 1.807) is 18.2 Å². The number of carbonyl (C=O) groups is 2. The fraction of sp³-hybridized carbons (Fsp3) is 0.364. The Morgan fingerprint density at radius 1 is 1.04 bits per heavy atom. The first-order valence-corrected chi connectivity index (χ1v) is 9.76. The van der Waals surface area contributed by atoms with E-state index >= 15 is 0 Å². The van der Waals surface area contributed by atoms with Crippen molar-refractivity contribution < 1.29 is 19.1 Å². The Morgan fingerprint density at radius 2 is 1.79 bits per heavy atom. The number of ether oxygens (including phenoxy) is 2. The number of hydrogen-bond acceptors (Lipinski definition) is 4. The minimum atomic E-state index is -0.786. The highest BCUT2D eigenvalue weighted by molar-refractivity contribution is 6.02. The van der Waals surface area contributed by atoms with Gasteiger partial charge in [-0.3, -0.25) is 9.59 Å². The predicted molar refractivity (Wildman–Crippen MR) is 103 cm³/mol. The van der Waals surface area contributed by atoms with Crippen LogP contribution >= 0.6 is 0 Å². The number of fused-ring (bicyclic) bond motifs is 1. The molecule has 0 spiro atoms. The molecule has 6 heteroatoms. The Labute approximate surface area is 163 Å². The van der Waals surface area contributed by atoms with Crippen molar-refractivity contribution in [2.75, 3.05) is 12.1 Å². The summed E-state index contributed by atoms with van der Waals surface area (Å²) in [6, 6.07) is 15.3. The van der Waals surface area contributed by atoms with Crippen molar-refractivity contribution in [1.29, 1.82) is 0 Å². The second-order valence-corrected chi connectivity index (χ2v) is 7.66. The number of rotatable bonds is 4. The zero-order valence-corrected chi connectivity index (χ0v) is 15.5. The van der Waals surface area contributed by atoms with Gasteiger partial charge in [-0.2, -0.15) is 0 Å². The Morgan fingerprint density at radius 3 is 2.54 bits per heavy atom. The first kappa shape index (κ1) is 17.1. The van der Waals surface area contributed by atoms with Gasteiger partial charge in [0.2, 0.25) is 18.6 Å². The third-order valence-electron chi connectivity index (χ3n) is 6.08. The van der Waals surface area contributed by atoms with Crippen molar-refractivity contribution in [2.45, 2.75) is 43.7 Å². The van der Waals surface area contributed by atoms with E-state index in [4.69, 9.17) is 9.47 Å². The van der Waals surface area contributed by atoms with Crippen molar-refractivity contribution in [3.05, 3.63) is 54.1 Å². The molecule has 2 aromatic carbocycles. The first-order valence-electron chi connectivity index (χ1n) is 9.76. The highest BCUT2D eigenvalue weighted by atomic mass is 16.7. The predicted octanol–water partition coefficient (Wildman–Crippen LogP) is 3.64. The van der Waals surface area contributed by atoms with Crippen LogP contribution in [0.25, 0.3) is 0 Å². The molecule has 6 nitrogen and oxygen atoms in total. The van der Waals surface area contributed by atoms with Gasteiger partial charge in [-0.25, -0.2) is 0 Å². The first-order chi connectivity index (χ1) is 13.7. The zero-order chi connectivity index (χ0) is 19.1. The summed E-state index contributed by atoms with van der Waals surface area (Å²) in [4.78, 5) is 27.9. The Hall–Kier alpha value is -3.02. The van der Waals surface area contributed by atoms with Crippen LogP contribution in [0.5, 0.6) is 11.5 Å². The molecule has 1 saturated heterocycles. The molecule has 0 aromatic heterocycles. The van der Waals surface area contributed by atoms with Crippen molar-refractivity contribution in [3.8, 4) is 11.5 Å². The van der Waals surface area contributed by atoms with Gasteiger partial charge in [0.05, 0.1) is 12.5 Å². The van der Waals surface area contributed by atoms with Gasteiger partial charge in [-0.1, -0.05) is 43.2 Å². The van der Waals surface area contributed by atoms with Crippen molar-refractivity contribution >= 4 is 17.5 Å². The smallest absolute Gasteiger partial charge is 0.250 e. The molecule has 1 unspecified atom stereocenters. The number of carbonyl (C=O) groups excluding carboxylic acids is 2. The van der Waals surface area contributed by atoms with Crippen LogP contribution in [0.15, 0.2) is 48.5 Å². The quantitative estimate of drug-likeness (QED) is 0.825. The molecule has 28 heavy (non-hydrogen) atoms. The summed E-state index contributed by atoms with van der Waals surface area (Å²) in [6.07, 6.45) is 3.74. The summed E-state index contributed by atoms with van der Waals surface area (Å²) in [5, 5.41) is 3.03. The van der Waals surface area contributed by atoms with E-state index in [1.807, 2.05) is 35.2 Å². The second kappa shape index (κ2) is 6.55. The molecule has 1 atom stereocenters. The highest BCUT2D eigenvalue weighted by Gasteiger charge is 2.55. The van der Waals surface area contributed by atoms with Gasteiger partial charge in [-0.15, -0.1) is 0 Å². The lowest BCUT2D eigenvalue weighted by molar-refractivity contribution is -0.163. The van der Waals surface area contributed by atoms with Crippen LogP contribution in [-0.4, -0.2) is 29.0 Å². The summed E-state index contributed by atoms with van der Waals surface area (Å²) >= 11 is 0. The summed E-state index contributed by atoms with van der Waals surface area (Å²) in [5.41, 5.74) is 0.959. The van der Waals surface area contributed by atoms with Gasteiger partial charge >= 0.3 is 0 Å². The third-order valence-corrected chi connectivity index (χ3v) is 6.08. The molecule has 2 amide bonds. The topological polar surface area (TPSA) is 67.9 Å². The molecule has 5 rings (SSSR count). The molecular formula is C22H22N2O4. The normalized spacial score (nSPS) is 22.1. The number of hydrogen-bond donors (Lipinski definition) is 1. The maximum absolute atomic E-state index is 13.4. The summed E-state index contributed by atoms with van der Waals surface area (Å²) < 4.78 is 10.7. The number of anilines is 1. The minimum absolute atomic E-state index is 0.0331. The fourth-order valence-corrected chi connectivity index (χ4v) is 4.65. The van der Waals surface area contributed by atoms with Gasteiger partial charge in [0.15, 0.2) is 11.5 Å². The molecule has 0 radical (unpaired) electrons. The van der Waals surface area contributed by atoms with Crippen LogP contribution in [0.3, 0.4) is 0 Å². The summed E-state index contributed by atoms with van der Waals surface area (Å²) in [7, 11) is 0. The van der Waals surface area contributed by atoms with Crippen LogP contribution < -0.4 is 14.8 Å². The number of benzene rings is 2. The second-order valence-electron chi connectivity index (χ2n) is 7.66. The molecule has 3 aliphatic rings. The number of nitrogens with zero attached hydrogens (tertiary/aromatic N) is 1. The van der Waals surface area contributed by atoms with E-state index in [9.17, 15) is 9.59 Å². The Kier molecular flexibility index (Phi) is 4.00. The van der Waals surface area contributed by atoms with E-state index in [-0.39, 0.29) is 24.6 Å². The van der Waals surface area contributed by atoms with Crippen molar-refractivity contribution in [3.63, 3.8) is 0 Å². The van der Waals surface area contributed by atoms with E-state index < -0.39 is 5.54 Å². The number of nitrogens with one attached hydrogen (secondary N) is 1. The van der Waals surface area contributed by atoms with E-state index in [0.29, 0.717) is 36.4 Å². The Bertz CT molecular complexity index is 921. The number of β-lactam (4-membered cyclic amide) rings is 1. The Balaban J connectivity index is 1.43. The third kappa shape index (κ3) is 2.63. The molecule has 2 heterocycles. The standard InChI is InChI=1S/C22H22N2O4/c25-20-13-17(15-6-2-1-3-7-15)24(20)22(10-4-5-11-22)21(26)23-16-8-9-18-19(12-16)28-14-27-18/h1-3,6-9,12,17H,4-5,10-11,13-14H2,(H,23,26). The van der Waals surface area contributed by atoms with Gasteiger partial charge in [0.1, 0.15) is 5.54 Å². The van der Waals surface area contributed by atoms with Gasteiger partial charge < -0.3 is 19.7 Å². The molecule has 2 fully saturated rings. The summed E-state index contributed by atoms with van der Waals surface area (Å²) in [6.45, 7) is 0.192. The molecular weight excluding hydrogens is 356 g/mol. The molecule has 2 aromatic rings. The van der Waals surface area contributed by atoms with Crippen LogP contribution in [-0.2, 0) is 9.59 Å². The molecule has 1 N–H and O–H groups in total. The van der Waals surface area contributed by atoms with Crippen LogP contribution in [0.2, 0.25) is 0 Å². The largest absolute Gasteiger partial charge is 0.454 e. The molecule has 1 saturated carbocycles. The average Bonchev–Trinajstić information content (AvgIpc) is 3.36. The maximum atomic E-state index is 13.4. The lowest BCUT2D eigenvalue weighted by atomic mass is 9.83. The molecule has 1 aliphatic carbocycles. The molecule has 2 aliphatic heterocycles. The van der Waals surface area contributed by atoms with Crippen LogP contribution in [0, 0.1) is 0 Å². The zero-order valence-electron chi connectivity index (χ0n) is 15.5. The van der Waals surface area contributed by atoms with Crippen molar-refractivity contribution in [1.82, 2.24) is 4.90 Å². The van der Waals surface area contributed by atoms with Gasteiger partial charge in [-0.05, 0) is 30.5 Å². The number of amides is 2. The maximum Gasteiger partial charge on any atom is 0.250 e. The summed E-state index contributed by atoms with van der Waals surface area (Å²) in [5.74, 6) is 1.24. The number of likely N-dealkylation sites (tertiary alicyclic amines) is 1. The van der Waals surface area contributed by atoms with Crippen LogP contribution in [0.1, 0.15) is 43.7 Å². The highest BCUT2D eigenvalue weighted by Crippen LogP contribution is 2.48. The SMILES string of the molecule is O=C1CC(c2ccccc2)N1C1(C(=O)Nc2ccc3c(c2)OCO3)CCCC1. The van der Waals surface area contributed by atoms with E-state index in [1.165, 1.54) is 0 Å². The van der Waals surface area contributed by atoms with E-state index in [2.05, 4.69) is 5.32 Å². The van der Waals surface area contributed by atoms with E-state index in [0.717, 1.165) is 18.4 Å². The lowest BCUT2D eigenvalue weighted by Gasteiger charge is -2.51. The van der Waals surface area contributed by atoms with Crippen LogP contribution in [0.4, 0.5) is 5.69 Å². The molecule has 0 bridgehead atoms. The van der Waals surface area contributed by atoms with Gasteiger partial charge in [0.25, 0.3) is 0 Å². The average molecular weight is 378 g/mol. The minimum Gasteiger partial charge on any atom is -0.454 e. The molecule has 144 valence electrons.